The molecule has 1 heterocycles. The molecule has 0 bridgehead atoms. The molecule has 1 nitrogen and oxygen atoms in total. The fourth-order valence-corrected chi connectivity index (χ4v) is 3.05. The van der Waals surface area contributed by atoms with E-state index in [0.29, 0.717) is 14.5 Å². The van der Waals surface area contributed by atoms with E-state index in [-0.39, 0.29) is 0 Å². The van der Waals surface area contributed by atoms with Crippen LogP contribution < -0.4 is 4.74 Å². The molecule has 0 aliphatic heterocycles. The van der Waals surface area contributed by atoms with E-state index in [4.69, 9.17) is 4.74 Å². The van der Waals surface area contributed by atoms with E-state index in [1.807, 2.05) is 6.92 Å². The van der Waals surface area contributed by atoms with Crippen molar-refractivity contribution in [2.75, 3.05) is 6.61 Å². The van der Waals surface area contributed by atoms with Crippen molar-refractivity contribution in [1.82, 2.24) is 0 Å². The first-order valence-corrected chi connectivity index (χ1v) is 5.85. The Bertz CT molecular complexity index is 378. The minimum atomic E-state index is 0.487. The van der Waals surface area contributed by atoms with Gasteiger partial charge in [-0.25, -0.2) is 0 Å². The van der Waals surface area contributed by atoms with Gasteiger partial charge in [0.15, 0.2) is 0 Å². The van der Waals surface area contributed by atoms with Crippen molar-refractivity contribution < 1.29 is 4.74 Å². The van der Waals surface area contributed by atoms with Gasteiger partial charge in [-0.1, -0.05) is 0 Å². The average Bonchev–Trinajstić information content (AvgIpc) is 2.53. The van der Waals surface area contributed by atoms with Crippen molar-refractivity contribution in [3.8, 4) is 5.75 Å². The summed E-state index contributed by atoms with van der Waals surface area (Å²) in [6.45, 7) is 2.78. The molecule has 0 saturated carbocycles. The summed E-state index contributed by atoms with van der Waals surface area (Å²) in [5.41, 5.74) is 0. The molecule has 0 amide bonds. The maximum absolute atomic E-state index is 5.52. The molecule has 2 heteroatoms. The van der Waals surface area contributed by atoms with Crippen LogP contribution in [0.2, 0.25) is 0 Å². The molecule has 1 aromatic heterocycles. The fraction of sp³-hybridized carbons (Fsp3) is 0.200. The van der Waals surface area contributed by atoms with Crippen LogP contribution in [0.4, 0.5) is 0 Å². The summed E-state index contributed by atoms with van der Waals surface area (Å²) in [5, 5.41) is 1.33. The van der Waals surface area contributed by atoms with Crippen LogP contribution in [-0.2, 0) is 0 Å². The van der Waals surface area contributed by atoms with Gasteiger partial charge in [-0.15, -0.1) is 0 Å². The quantitative estimate of drug-likeness (QED) is 0.712. The van der Waals surface area contributed by atoms with E-state index in [0.717, 1.165) is 12.4 Å². The summed E-state index contributed by atoms with van der Waals surface area (Å²) in [5.74, 6) is 1.07. The molecule has 0 radical (unpaired) electrons. The molecule has 1 aromatic carbocycles. The second kappa shape index (κ2) is 3.34. The molecular weight excluding hydrogens is 215 g/mol. The van der Waals surface area contributed by atoms with Gasteiger partial charge in [0.1, 0.15) is 0 Å². The third-order valence-electron chi connectivity index (χ3n) is 1.74. The molecule has 0 aliphatic carbocycles. The maximum atomic E-state index is 5.52. The predicted octanol–water partition coefficient (Wildman–Crippen LogP) is 2.30. The van der Waals surface area contributed by atoms with Crippen LogP contribution in [0.1, 0.15) is 6.92 Å². The van der Waals surface area contributed by atoms with Gasteiger partial charge in [-0.05, 0) is 0 Å². The number of hydrogen-bond donors (Lipinski definition) is 0. The third-order valence-corrected chi connectivity index (χ3v) is 3.72. The number of ether oxygens (including phenoxy) is 1. The van der Waals surface area contributed by atoms with Crippen molar-refractivity contribution in [3.63, 3.8) is 0 Å². The zero-order chi connectivity index (χ0) is 8.39. The van der Waals surface area contributed by atoms with Crippen molar-refractivity contribution in [2.45, 2.75) is 6.92 Å². The van der Waals surface area contributed by atoms with Crippen LogP contribution in [-0.4, -0.2) is 21.1 Å². The van der Waals surface area contributed by atoms with Crippen LogP contribution in [0.3, 0.4) is 0 Å². The van der Waals surface area contributed by atoms with E-state index < -0.39 is 0 Å². The Morgan fingerprint density at radius 2 is 2.25 bits per heavy atom. The summed E-state index contributed by atoms with van der Waals surface area (Å²) in [6, 6.07) is 8.42. The predicted molar refractivity (Wildman–Crippen MR) is 52.1 cm³/mol. The Hall–Kier alpha value is -0.721. The Balaban J connectivity index is 2.57. The normalized spacial score (nSPS) is 10.4. The van der Waals surface area contributed by atoms with Crippen molar-refractivity contribution >= 4 is 24.1 Å². The van der Waals surface area contributed by atoms with Gasteiger partial charge < -0.3 is 0 Å². The van der Waals surface area contributed by atoms with Crippen molar-refractivity contribution in [3.05, 3.63) is 29.2 Å². The Morgan fingerprint density at radius 3 is 3.08 bits per heavy atom. The number of benzene rings is 1. The zero-order valence-corrected chi connectivity index (χ0v) is 8.62. The van der Waals surface area contributed by atoms with Crippen LogP contribution in [0.15, 0.2) is 29.2 Å². The molecular formula is C10H10OSe. The standard InChI is InChI=1S/C10H10OSe/c1-2-11-9-5-3-4-8-6-7-12-10(8)9/h3-7H,2H2,1H3. The second-order valence-electron chi connectivity index (χ2n) is 2.53. The van der Waals surface area contributed by atoms with Gasteiger partial charge in [0, 0.05) is 0 Å². The van der Waals surface area contributed by atoms with Gasteiger partial charge in [0.2, 0.25) is 0 Å². The molecule has 0 atom stereocenters. The first-order chi connectivity index (χ1) is 5.92. The van der Waals surface area contributed by atoms with Gasteiger partial charge in [-0.2, -0.15) is 0 Å². The van der Waals surface area contributed by atoms with Gasteiger partial charge in [-0.3, -0.25) is 0 Å². The molecule has 0 fully saturated rings. The average molecular weight is 225 g/mol. The monoisotopic (exact) mass is 226 g/mol. The summed E-state index contributed by atoms with van der Waals surface area (Å²) >= 11 is 0.487. The molecule has 0 aliphatic rings. The van der Waals surface area contributed by atoms with E-state index in [2.05, 4.69) is 29.2 Å². The SMILES string of the molecule is CCOc1cccc2cc[se]c12. The Kier molecular flexibility index (Phi) is 2.20. The number of rotatable bonds is 2. The summed E-state index contributed by atoms with van der Waals surface area (Å²) in [6.07, 6.45) is 0. The van der Waals surface area contributed by atoms with Gasteiger partial charge >= 0.3 is 77.4 Å². The molecule has 0 unspecified atom stereocenters. The zero-order valence-electron chi connectivity index (χ0n) is 6.91. The molecule has 0 spiro atoms. The third kappa shape index (κ3) is 1.28. The van der Waals surface area contributed by atoms with Gasteiger partial charge in [0.25, 0.3) is 0 Å². The Morgan fingerprint density at radius 1 is 1.33 bits per heavy atom. The van der Waals surface area contributed by atoms with Crippen molar-refractivity contribution in [1.29, 1.82) is 0 Å². The molecule has 0 N–H and O–H groups in total. The molecule has 62 valence electrons. The van der Waals surface area contributed by atoms with Crippen molar-refractivity contribution in [2.24, 2.45) is 0 Å². The van der Waals surface area contributed by atoms with E-state index >= 15 is 0 Å². The van der Waals surface area contributed by atoms with Crippen LogP contribution in [0.5, 0.6) is 5.75 Å². The van der Waals surface area contributed by atoms with Crippen LogP contribution in [0.25, 0.3) is 9.65 Å². The molecule has 2 aromatic rings. The van der Waals surface area contributed by atoms with E-state index in [1.165, 1.54) is 9.65 Å². The number of hydrogen-bond acceptors (Lipinski definition) is 1. The number of fused-ring (bicyclic) bond motifs is 1. The first kappa shape index (κ1) is 7.90. The van der Waals surface area contributed by atoms with E-state index in [1.54, 1.807) is 0 Å². The van der Waals surface area contributed by atoms with E-state index in [9.17, 15) is 0 Å². The summed E-state index contributed by atoms with van der Waals surface area (Å²) in [4.78, 5) is 2.24. The topological polar surface area (TPSA) is 9.23 Å². The van der Waals surface area contributed by atoms with Crippen LogP contribution in [0, 0.1) is 0 Å². The van der Waals surface area contributed by atoms with Gasteiger partial charge in [0.05, 0.1) is 0 Å². The van der Waals surface area contributed by atoms with Crippen LogP contribution >= 0.6 is 0 Å². The Labute approximate surface area is 77.7 Å². The summed E-state index contributed by atoms with van der Waals surface area (Å²) < 4.78 is 6.92. The molecule has 2 rings (SSSR count). The second-order valence-corrected chi connectivity index (χ2v) is 4.45. The molecule has 0 saturated heterocycles. The fourth-order valence-electron chi connectivity index (χ4n) is 1.23. The minimum absolute atomic E-state index is 0.487. The molecule has 12 heavy (non-hydrogen) atoms. The summed E-state index contributed by atoms with van der Waals surface area (Å²) in [7, 11) is 0. The first-order valence-electron chi connectivity index (χ1n) is 4.01.